The van der Waals surface area contributed by atoms with Gasteiger partial charge in [-0.3, -0.25) is 4.98 Å². The van der Waals surface area contributed by atoms with Crippen molar-refractivity contribution in [3.63, 3.8) is 0 Å². The van der Waals surface area contributed by atoms with Crippen molar-refractivity contribution in [1.82, 2.24) is 4.98 Å². The second-order valence-corrected chi connectivity index (χ2v) is 4.21. The van der Waals surface area contributed by atoms with E-state index in [1.54, 1.807) is 0 Å². The van der Waals surface area contributed by atoms with Gasteiger partial charge in [0.15, 0.2) is 0 Å². The number of rotatable bonds is 7. The van der Waals surface area contributed by atoms with Crippen molar-refractivity contribution in [2.45, 2.75) is 52.4 Å². The molecule has 0 radical (unpaired) electrons. The van der Waals surface area contributed by atoms with Gasteiger partial charge < -0.3 is 0 Å². The highest BCUT2D eigenvalue weighted by atomic mass is 14.6. The summed E-state index contributed by atoms with van der Waals surface area (Å²) in [5.74, 6) is 0. The van der Waals surface area contributed by atoms with Gasteiger partial charge in [0.05, 0.1) is 0 Å². The molecule has 16 heavy (non-hydrogen) atoms. The maximum absolute atomic E-state index is 4.08. The van der Waals surface area contributed by atoms with E-state index in [0.29, 0.717) is 0 Å². The SMILES string of the molecule is CCCC/C=C(\CCCC)c1ccncc1. The summed E-state index contributed by atoms with van der Waals surface area (Å²) in [6.07, 6.45) is 13.7. The van der Waals surface area contributed by atoms with Crippen molar-refractivity contribution in [2.75, 3.05) is 0 Å². The zero-order chi connectivity index (χ0) is 11.6. The molecular weight excluding hydrogens is 194 g/mol. The van der Waals surface area contributed by atoms with Crippen molar-refractivity contribution in [1.29, 1.82) is 0 Å². The van der Waals surface area contributed by atoms with Gasteiger partial charge in [0.1, 0.15) is 0 Å². The Bertz CT molecular complexity index is 300. The van der Waals surface area contributed by atoms with E-state index >= 15 is 0 Å². The van der Waals surface area contributed by atoms with E-state index < -0.39 is 0 Å². The minimum absolute atomic E-state index is 1.20. The molecule has 0 fully saturated rings. The summed E-state index contributed by atoms with van der Waals surface area (Å²) in [5.41, 5.74) is 2.84. The van der Waals surface area contributed by atoms with Crippen LogP contribution in [0.3, 0.4) is 0 Å². The van der Waals surface area contributed by atoms with E-state index in [0.717, 1.165) is 0 Å². The molecule has 1 rings (SSSR count). The predicted octanol–water partition coefficient (Wildman–Crippen LogP) is 4.85. The van der Waals surface area contributed by atoms with E-state index in [4.69, 9.17) is 0 Å². The van der Waals surface area contributed by atoms with E-state index in [1.165, 1.54) is 49.7 Å². The summed E-state index contributed by atoms with van der Waals surface area (Å²) in [4.78, 5) is 4.08. The first kappa shape index (κ1) is 13.0. The first-order valence-corrected chi connectivity index (χ1v) is 6.48. The standard InChI is InChI=1S/C15H23N/c1-3-5-7-9-14(8-6-4-2)15-10-12-16-13-11-15/h9-13H,3-8H2,1-2H3/b14-9+. The van der Waals surface area contributed by atoms with Crippen LogP contribution in [0.1, 0.15) is 57.9 Å². The van der Waals surface area contributed by atoms with E-state index in [1.807, 2.05) is 12.4 Å². The van der Waals surface area contributed by atoms with Gasteiger partial charge in [-0.05, 0) is 42.5 Å². The van der Waals surface area contributed by atoms with Crippen molar-refractivity contribution >= 4 is 5.57 Å². The summed E-state index contributed by atoms with van der Waals surface area (Å²) in [6, 6.07) is 4.24. The van der Waals surface area contributed by atoms with E-state index in [-0.39, 0.29) is 0 Å². The zero-order valence-corrected chi connectivity index (χ0v) is 10.6. The number of nitrogens with zero attached hydrogens (tertiary/aromatic N) is 1. The lowest BCUT2D eigenvalue weighted by Gasteiger charge is -2.07. The third-order valence-corrected chi connectivity index (χ3v) is 2.80. The van der Waals surface area contributed by atoms with E-state index in [2.05, 4.69) is 37.0 Å². The van der Waals surface area contributed by atoms with Crippen LogP contribution in [0, 0.1) is 0 Å². The minimum Gasteiger partial charge on any atom is -0.265 e. The smallest absolute Gasteiger partial charge is 0.0273 e. The quantitative estimate of drug-likeness (QED) is 0.595. The highest BCUT2D eigenvalue weighted by Crippen LogP contribution is 2.21. The van der Waals surface area contributed by atoms with Crippen LogP contribution in [0.5, 0.6) is 0 Å². The summed E-state index contributed by atoms with van der Waals surface area (Å²) < 4.78 is 0. The molecule has 0 bridgehead atoms. The lowest BCUT2D eigenvalue weighted by atomic mass is 9.99. The minimum atomic E-state index is 1.20. The molecule has 0 unspecified atom stereocenters. The molecule has 88 valence electrons. The van der Waals surface area contributed by atoms with Gasteiger partial charge in [-0.2, -0.15) is 0 Å². The molecule has 1 nitrogen and oxygen atoms in total. The van der Waals surface area contributed by atoms with Gasteiger partial charge in [0, 0.05) is 12.4 Å². The second-order valence-electron chi connectivity index (χ2n) is 4.21. The molecule has 1 heteroatoms. The van der Waals surface area contributed by atoms with Gasteiger partial charge in [0.2, 0.25) is 0 Å². The number of hydrogen-bond donors (Lipinski definition) is 0. The topological polar surface area (TPSA) is 12.9 Å². The Morgan fingerprint density at radius 3 is 2.44 bits per heavy atom. The van der Waals surface area contributed by atoms with Crippen molar-refractivity contribution in [3.8, 4) is 0 Å². The monoisotopic (exact) mass is 217 g/mol. The van der Waals surface area contributed by atoms with Gasteiger partial charge in [0.25, 0.3) is 0 Å². The maximum atomic E-state index is 4.08. The molecule has 1 aromatic heterocycles. The highest BCUT2D eigenvalue weighted by Gasteiger charge is 2.00. The van der Waals surface area contributed by atoms with Crippen LogP contribution in [-0.4, -0.2) is 4.98 Å². The lowest BCUT2D eigenvalue weighted by Crippen LogP contribution is -1.86. The van der Waals surface area contributed by atoms with Gasteiger partial charge in [-0.1, -0.05) is 39.2 Å². The van der Waals surface area contributed by atoms with E-state index in [9.17, 15) is 0 Å². The average Bonchev–Trinajstić information content (AvgIpc) is 2.35. The third-order valence-electron chi connectivity index (χ3n) is 2.80. The molecule has 0 atom stereocenters. The first-order chi connectivity index (χ1) is 7.88. The van der Waals surface area contributed by atoms with Crippen molar-refractivity contribution < 1.29 is 0 Å². The summed E-state index contributed by atoms with van der Waals surface area (Å²) >= 11 is 0. The highest BCUT2D eigenvalue weighted by molar-refractivity contribution is 5.64. The molecule has 1 aromatic rings. The fourth-order valence-corrected chi connectivity index (χ4v) is 1.78. The maximum Gasteiger partial charge on any atom is 0.0273 e. The van der Waals surface area contributed by atoms with Crippen molar-refractivity contribution in [3.05, 3.63) is 36.2 Å². The molecule has 0 spiro atoms. The number of allylic oxidation sites excluding steroid dienone is 2. The van der Waals surface area contributed by atoms with Crippen LogP contribution in [0.2, 0.25) is 0 Å². The van der Waals surface area contributed by atoms with Crippen LogP contribution in [0.4, 0.5) is 0 Å². The Morgan fingerprint density at radius 1 is 1.12 bits per heavy atom. The van der Waals surface area contributed by atoms with Gasteiger partial charge in [-0.25, -0.2) is 0 Å². The van der Waals surface area contributed by atoms with Gasteiger partial charge >= 0.3 is 0 Å². The molecule has 1 heterocycles. The molecule has 0 saturated carbocycles. The van der Waals surface area contributed by atoms with Crippen molar-refractivity contribution in [2.24, 2.45) is 0 Å². The summed E-state index contributed by atoms with van der Waals surface area (Å²) in [5, 5.41) is 0. The molecule has 0 amide bonds. The Balaban J connectivity index is 2.67. The molecule has 0 saturated heterocycles. The number of hydrogen-bond acceptors (Lipinski definition) is 1. The molecule has 0 aliphatic heterocycles. The first-order valence-electron chi connectivity index (χ1n) is 6.48. The predicted molar refractivity (Wildman–Crippen MR) is 71.3 cm³/mol. The Kier molecular flexibility index (Phi) is 6.55. The fraction of sp³-hybridized carbons (Fsp3) is 0.533. The number of aromatic nitrogens is 1. The molecule has 0 aliphatic carbocycles. The molecular formula is C15H23N. The number of pyridine rings is 1. The lowest BCUT2D eigenvalue weighted by molar-refractivity contribution is 0.800. The van der Waals surface area contributed by atoms with Crippen LogP contribution in [0.25, 0.3) is 5.57 Å². The molecule has 0 aliphatic rings. The Hall–Kier alpha value is -1.11. The summed E-state index contributed by atoms with van der Waals surface area (Å²) in [6.45, 7) is 4.49. The Morgan fingerprint density at radius 2 is 1.81 bits per heavy atom. The van der Waals surface area contributed by atoms with Crippen LogP contribution in [-0.2, 0) is 0 Å². The summed E-state index contributed by atoms with van der Waals surface area (Å²) in [7, 11) is 0. The largest absolute Gasteiger partial charge is 0.265 e. The second kappa shape index (κ2) is 8.09. The van der Waals surface area contributed by atoms with Crippen LogP contribution >= 0.6 is 0 Å². The van der Waals surface area contributed by atoms with Gasteiger partial charge in [-0.15, -0.1) is 0 Å². The Labute approximate surface area is 99.6 Å². The fourth-order valence-electron chi connectivity index (χ4n) is 1.78. The zero-order valence-electron chi connectivity index (χ0n) is 10.6. The van der Waals surface area contributed by atoms with Crippen LogP contribution < -0.4 is 0 Å². The normalized spacial score (nSPS) is 11.8. The third kappa shape index (κ3) is 4.61. The van der Waals surface area contributed by atoms with Crippen LogP contribution in [0.15, 0.2) is 30.6 Å². The molecule has 0 N–H and O–H groups in total. The number of unbranched alkanes of at least 4 members (excludes halogenated alkanes) is 3. The molecule has 0 aromatic carbocycles. The average molecular weight is 217 g/mol.